The minimum Gasteiger partial charge on any atom is -0.456 e. The minimum atomic E-state index is -0.579. The fourth-order valence-electron chi connectivity index (χ4n) is 1.45. The third-order valence-corrected chi connectivity index (χ3v) is 3.91. The lowest BCUT2D eigenvalue weighted by molar-refractivity contribution is 0.0468. The first-order valence-electron chi connectivity index (χ1n) is 5.30. The van der Waals surface area contributed by atoms with Crippen molar-refractivity contribution in [2.24, 2.45) is 0 Å². The molecule has 0 aliphatic heterocycles. The molecule has 0 saturated carbocycles. The van der Waals surface area contributed by atoms with Gasteiger partial charge in [0, 0.05) is 11.1 Å². The third-order valence-electron chi connectivity index (χ3n) is 2.29. The number of ether oxygens (including phenoxy) is 1. The highest BCUT2D eigenvalue weighted by Gasteiger charge is 2.16. The number of thiazole rings is 1. The average Bonchev–Trinajstić information content (AvgIpc) is 2.76. The molecule has 2 aromatic rings. The van der Waals surface area contributed by atoms with Gasteiger partial charge in [-0.3, -0.25) is 0 Å². The first-order valence-corrected chi connectivity index (χ1v) is 6.93. The van der Waals surface area contributed by atoms with E-state index in [0.717, 1.165) is 5.01 Å². The summed E-state index contributed by atoms with van der Waals surface area (Å²) in [6.07, 6.45) is 0. The highest BCUT2D eigenvalue weighted by molar-refractivity contribution is 7.09. The summed E-state index contributed by atoms with van der Waals surface area (Å²) in [5, 5.41) is 3.10. The number of hydrogen-bond acceptors (Lipinski definition) is 5. The predicted molar refractivity (Wildman–Crippen MR) is 76.8 cm³/mol. The molecule has 0 saturated heterocycles. The van der Waals surface area contributed by atoms with Crippen molar-refractivity contribution in [3.8, 4) is 0 Å². The van der Waals surface area contributed by atoms with Crippen LogP contribution in [0.3, 0.4) is 0 Å². The van der Waals surface area contributed by atoms with Gasteiger partial charge in [-0.1, -0.05) is 23.2 Å². The van der Waals surface area contributed by atoms with Crippen molar-refractivity contribution in [2.75, 3.05) is 5.73 Å². The summed E-state index contributed by atoms with van der Waals surface area (Å²) in [5.41, 5.74) is 6.82. The maximum absolute atomic E-state index is 11.9. The summed E-state index contributed by atoms with van der Waals surface area (Å²) in [7, 11) is 0. The van der Waals surface area contributed by atoms with Gasteiger partial charge in [0.2, 0.25) is 0 Å². The van der Waals surface area contributed by atoms with Crippen LogP contribution in [0.5, 0.6) is 0 Å². The van der Waals surface area contributed by atoms with Gasteiger partial charge in [-0.05, 0) is 19.1 Å². The Labute approximate surface area is 124 Å². The molecule has 0 aliphatic rings. The molecule has 100 valence electrons. The Morgan fingerprint density at radius 3 is 2.84 bits per heavy atom. The molecule has 1 aromatic carbocycles. The van der Waals surface area contributed by atoms with Crippen LogP contribution < -0.4 is 5.73 Å². The van der Waals surface area contributed by atoms with Crippen molar-refractivity contribution in [1.29, 1.82) is 0 Å². The molecule has 0 fully saturated rings. The van der Waals surface area contributed by atoms with Gasteiger partial charge < -0.3 is 10.5 Å². The van der Waals surface area contributed by atoms with Gasteiger partial charge in [-0.15, -0.1) is 11.3 Å². The number of aryl methyl sites for hydroxylation is 1. The minimum absolute atomic E-state index is 0.0892. The molecule has 7 heteroatoms. The molecule has 0 radical (unpaired) electrons. The Morgan fingerprint density at radius 2 is 2.21 bits per heavy atom. The largest absolute Gasteiger partial charge is 0.456 e. The maximum atomic E-state index is 11.9. The van der Waals surface area contributed by atoms with Gasteiger partial charge in [0.15, 0.2) is 0 Å². The Bertz CT molecular complexity index is 628. The number of esters is 1. The first kappa shape index (κ1) is 14.1. The molecule has 2 rings (SSSR count). The number of rotatable bonds is 3. The Balaban J connectivity index is 2.12. The molecule has 0 amide bonds. The summed E-state index contributed by atoms with van der Waals surface area (Å²) in [6, 6.07) is 2.91. The number of hydrogen-bond donors (Lipinski definition) is 1. The normalized spacial score (nSPS) is 10.5. The second-order valence-corrected chi connectivity index (χ2v) is 5.65. The van der Waals surface area contributed by atoms with Crippen LogP contribution in [-0.4, -0.2) is 11.0 Å². The van der Waals surface area contributed by atoms with E-state index in [9.17, 15) is 4.79 Å². The molecule has 0 unspecified atom stereocenters. The molecular formula is C12H10Cl2N2O2S. The smallest absolute Gasteiger partial charge is 0.340 e. The first-order chi connectivity index (χ1) is 8.97. The summed E-state index contributed by atoms with van der Waals surface area (Å²) in [5.74, 6) is -0.579. The van der Waals surface area contributed by atoms with Crippen molar-refractivity contribution in [2.45, 2.75) is 13.5 Å². The predicted octanol–water partition coefficient (Wildman–Crippen LogP) is 3.70. The number of benzene rings is 1. The van der Waals surface area contributed by atoms with Crippen LogP contribution in [0, 0.1) is 6.92 Å². The zero-order chi connectivity index (χ0) is 14.0. The van der Waals surface area contributed by atoms with Crippen LogP contribution in [0.2, 0.25) is 10.0 Å². The number of nitrogen functional groups attached to an aromatic ring is 1. The second-order valence-electron chi connectivity index (χ2n) is 3.80. The molecule has 0 bridgehead atoms. The number of halogens is 2. The summed E-state index contributed by atoms with van der Waals surface area (Å²) < 4.78 is 5.12. The van der Waals surface area contributed by atoms with Crippen LogP contribution >= 0.6 is 34.5 Å². The van der Waals surface area contributed by atoms with Gasteiger partial charge in [0.25, 0.3) is 0 Å². The van der Waals surface area contributed by atoms with Crippen molar-refractivity contribution < 1.29 is 9.53 Å². The lowest BCUT2D eigenvalue weighted by Gasteiger charge is -2.07. The van der Waals surface area contributed by atoms with Crippen LogP contribution in [0.1, 0.15) is 21.1 Å². The van der Waals surface area contributed by atoms with Crippen LogP contribution in [0.25, 0.3) is 0 Å². The van der Waals surface area contributed by atoms with Gasteiger partial charge in [-0.25, -0.2) is 9.78 Å². The fraction of sp³-hybridized carbons (Fsp3) is 0.167. The molecule has 1 aromatic heterocycles. The lowest BCUT2D eigenvalue weighted by Crippen LogP contribution is -2.07. The number of carbonyl (C=O) groups excluding carboxylic acids is 1. The molecule has 2 N–H and O–H groups in total. The Morgan fingerprint density at radius 1 is 1.47 bits per heavy atom. The highest BCUT2D eigenvalue weighted by Crippen LogP contribution is 2.29. The van der Waals surface area contributed by atoms with Gasteiger partial charge in [0.05, 0.1) is 26.3 Å². The van der Waals surface area contributed by atoms with E-state index in [2.05, 4.69) is 4.98 Å². The zero-order valence-corrected chi connectivity index (χ0v) is 12.3. The Hall–Kier alpha value is -1.30. The number of anilines is 1. The van der Waals surface area contributed by atoms with Crippen LogP contribution in [0.15, 0.2) is 17.5 Å². The van der Waals surface area contributed by atoms with Gasteiger partial charge in [-0.2, -0.15) is 0 Å². The van der Waals surface area contributed by atoms with E-state index in [1.807, 2.05) is 12.3 Å². The fourth-order valence-corrected chi connectivity index (χ4v) is 2.46. The molecule has 1 heterocycles. The van der Waals surface area contributed by atoms with Gasteiger partial charge >= 0.3 is 5.97 Å². The number of nitrogens with two attached hydrogens (primary N) is 1. The zero-order valence-electron chi connectivity index (χ0n) is 9.94. The van der Waals surface area contributed by atoms with Gasteiger partial charge in [0.1, 0.15) is 6.61 Å². The molecule has 0 spiro atoms. The van der Waals surface area contributed by atoms with Crippen LogP contribution in [0.4, 0.5) is 5.69 Å². The average molecular weight is 317 g/mol. The topological polar surface area (TPSA) is 65.2 Å². The standard InChI is InChI=1S/C12H10Cl2N2O2S/c1-6-16-8(5-19-6)4-18-12(17)9-2-7(15)3-10(13)11(9)14/h2-3,5H,4,15H2,1H3. The molecule has 0 aliphatic carbocycles. The SMILES string of the molecule is Cc1nc(COC(=O)c2cc(N)cc(Cl)c2Cl)cs1. The molecule has 4 nitrogen and oxygen atoms in total. The second kappa shape index (κ2) is 5.77. The number of aromatic nitrogens is 1. The van der Waals surface area contributed by atoms with E-state index in [1.54, 1.807) is 0 Å². The van der Waals surface area contributed by atoms with Crippen molar-refractivity contribution >= 4 is 46.2 Å². The molecular weight excluding hydrogens is 307 g/mol. The third kappa shape index (κ3) is 3.37. The van der Waals surface area contributed by atoms with E-state index in [4.69, 9.17) is 33.7 Å². The highest BCUT2D eigenvalue weighted by atomic mass is 35.5. The van der Waals surface area contributed by atoms with Crippen LogP contribution in [-0.2, 0) is 11.3 Å². The van der Waals surface area contributed by atoms with E-state index in [1.165, 1.54) is 23.5 Å². The summed E-state index contributed by atoms with van der Waals surface area (Å²) >= 11 is 13.3. The van der Waals surface area contributed by atoms with Crippen molar-refractivity contribution in [3.05, 3.63) is 43.8 Å². The van der Waals surface area contributed by atoms with Crippen molar-refractivity contribution in [3.63, 3.8) is 0 Å². The Kier molecular flexibility index (Phi) is 4.29. The molecule has 19 heavy (non-hydrogen) atoms. The quantitative estimate of drug-likeness (QED) is 0.692. The van der Waals surface area contributed by atoms with Crippen molar-refractivity contribution in [1.82, 2.24) is 4.98 Å². The molecule has 0 atom stereocenters. The number of nitrogens with zero attached hydrogens (tertiary/aromatic N) is 1. The van der Waals surface area contributed by atoms with E-state index in [-0.39, 0.29) is 22.2 Å². The summed E-state index contributed by atoms with van der Waals surface area (Å²) in [4.78, 5) is 16.1. The summed E-state index contributed by atoms with van der Waals surface area (Å²) in [6.45, 7) is 1.97. The maximum Gasteiger partial charge on any atom is 0.340 e. The van der Waals surface area contributed by atoms with E-state index >= 15 is 0 Å². The monoisotopic (exact) mass is 316 g/mol. The lowest BCUT2D eigenvalue weighted by atomic mass is 10.2. The van der Waals surface area contributed by atoms with E-state index < -0.39 is 5.97 Å². The van der Waals surface area contributed by atoms with E-state index in [0.29, 0.717) is 11.4 Å². The number of carbonyl (C=O) groups is 1.